The van der Waals surface area contributed by atoms with E-state index in [1.165, 1.54) is 0 Å². The van der Waals surface area contributed by atoms with E-state index >= 15 is 0 Å². The van der Waals surface area contributed by atoms with Gasteiger partial charge in [-0.05, 0) is 38.8 Å². The van der Waals surface area contributed by atoms with Crippen LogP contribution >= 0.6 is 0 Å². The number of nitrogens with two attached hydrogens (primary N) is 1. The Labute approximate surface area is 97.8 Å². The predicted octanol–water partition coefficient (Wildman–Crippen LogP) is 0.736. The Kier molecular flexibility index (Phi) is 5.22. The number of carbonyl (C=O) groups is 1. The van der Waals surface area contributed by atoms with Gasteiger partial charge >= 0.3 is 0 Å². The van der Waals surface area contributed by atoms with Crippen molar-refractivity contribution in [3.63, 3.8) is 0 Å². The molecule has 1 aliphatic heterocycles. The highest BCUT2D eigenvalue weighted by atomic mass is 16.3. The monoisotopic (exact) mass is 228 g/mol. The maximum atomic E-state index is 10.6. The second-order valence-corrected chi connectivity index (χ2v) is 4.96. The van der Waals surface area contributed by atoms with E-state index in [1.54, 1.807) is 0 Å². The van der Waals surface area contributed by atoms with Gasteiger partial charge in [0.25, 0.3) is 0 Å². The molecule has 1 fully saturated rings. The minimum absolute atomic E-state index is 0.0883. The highest BCUT2D eigenvalue weighted by Gasteiger charge is 2.32. The standard InChI is InChI=1S/C12H24N2O2/c1-2-12(10-15)6-4-8-14(9-12)7-3-5-11(13)16/h15H,2-10H2,1H3,(H2,13,16). The van der Waals surface area contributed by atoms with Crippen molar-refractivity contribution in [2.24, 2.45) is 11.1 Å². The summed E-state index contributed by atoms with van der Waals surface area (Å²) in [5.74, 6) is -0.221. The van der Waals surface area contributed by atoms with Gasteiger partial charge in [-0.1, -0.05) is 6.92 Å². The van der Waals surface area contributed by atoms with Gasteiger partial charge in [0.15, 0.2) is 0 Å². The van der Waals surface area contributed by atoms with Crippen LogP contribution in [0.3, 0.4) is 0 Å². The van der Waals surface area contributed by atoms with Crippen LogP contribution in [0.5, 0.6) is 0 Å². The number of likely N-dealkylation sites (tertiary alicyclic amines) is 1. The third kappa shape index (κ3) is 3.76. The van der Waals surface area contributed by atoms with Gasteiger partial charge in [-0.2, -0.15) is 0 Å². The predicted molar refractivity (Wildman–Crippen MR) is 63.9 cm³/mol. The van der Waals surface area contributed by atoms with Crippen LogP contribution < -0.4 is 5.73 Å². The number of primary amides is 1. The fraction of sp³-hybridized carbons (Fsp3) is 0.917. The van der Waals surface area contributed by atoms with Gasteiger partial charge < -0.3 is 15.7 Å². The fourth-order valence-electron chi connectivity index (χ4n) is 2.51. The third-order valence-electron chi connectivity index (χ3n) is 3.72. The summed E-state index contributed by atoms with van der Waals surface area (Å²) in [6.07, 6.45) is 4.59. The molecule has 4 heteroatoms. The Morgan fingerprint density at radius 1 is 1.56 bits per heavy atom. The second-order valence-electron chi connectivity index (χ2n) is 4.96. The molecule has 1 atom stereocenters. The normalized spacial score (nSPS) is 26.9. The van der Waals surface area contributed by atoms with Crippen molar-refractivity contribution in [2.75, 3.05) is 26.2 Å². The van der Waals surface area contributed by atoms with Gasteiger partial charge in [-0.3, -0.25) is 4.79 Å². The van der Waals surface area contributed by atoms with E-state index < -0.39 is 0 Å². The van der Waals surface area contributed by atoms with Crippen LogP contribution in [0.15, 0.2) is 0 Å². The Bertz CT molecular complexity index is 227. The lowest BCUT2D eigenvalue weighted by molar-refractivity contribution is -0.118. The van der Waals surface area contributed by atoms with Crippen LogP contribution in [0.25, 0.3) is 0 Å². The Balaban J connectivity index is 2.35. The van der Waals surface area contributed by atoms with E-state index in [9.17, 15) is 9.90 Å². The number of rotatable bonds is 6. The topological polar surface area (TPSA) is 66.6 Å². The van der Waals surface area contributed by atoms with E-state index in [2.05, 4.69) is 11.8 Å². The van der Waals surface area contributed by atoms with Crippen LogP contribution in [0.2, 0.25) is 0 Å². The number of aliphatic hydroxyl groups is 1. The lowest BCUT2D eigenvalue weighted by Crippen LogP contribution is -2.45. The Morgan fingerprint density at radius 3 is 2.88 bits per heavy atom. The average Bonchev–Trinajstić information content (AvgIpc) is 2.29. The molecule has 3 N–H and O–H groups in total. The van der Waals surface area contributed by atoms with Crippen molar-refractivity contribution in [1.29, 1.82) is 0 Å². The van der Waals surface area contributed by atoms with E-state index in [0.717, 1.165) is 45.3 Å². The van der Waals surface area contributed by atoms with Crippen molar-refractivity contribution in [3.05, 3.63) is 0 Å². The molecule has 0 saturated carbocycles. The molecule has 16 heavy (non-hydrogen) atoms. The molecule has 4 nitrogen and oxygen atoms in total. The zero-order valence-corrected chi connectivity index (χ0v) is 10.2. The molecule has 1 unspecified atom stereocenters. The Hall–Kier alpha value is -0.610. The van der Waals surface area contributed by atoms with Crippen LogP contribution in [0, 0.1) is 5.41 Å². The van der Waals surface area contributed by atoms with Crippen LogP contribution in [-0.4, -0.2) is 42.2 Å². The maximum Gasteiger partial charge on any atom is 0.217 e. The van der Waals surface area contributed by atoms with Crippen molar-refractivity contribution >= 4 is 5.91 Å². The number of hydrogen-bond donors (Lipinski definition) is 2. The van der Waals surface area contributed by atoms with Gasteiger partial charge in [-0.25, -0.2) is 0 Å². The molecule has 0 aliphatic carbocycles. The summed E-state index contributed by atoms with van der Waals surface area (Å²) >= 11 is 0. The maximum absolute atomic E-state index is 10.6. The molecular formula is C12H24N2O2. The number of nitrogens with zero attached hydrogens (tertiary/aromatic N) is 1. The molecule has 1 amide bonds. The van der Waals surface area contributed by atoms with Gasteiger partial charge in [0.2, 0.25) is 5.91 Å². The van der Waals surface area contributed by atoms with Gasteiger partial charge in [0, 0.05) is 25.0 Å². The first-order chi connectivity index (χ1) is 7.62. The van der Waals surface area contributed by atoms with Crippen LogP contribution in [0.4, 0.5) is 0 Å². The zero-order valence-electron chi connectivity index (χ0n) is 10.2. The molecule has 0 bridgehead atoms. The van der Waals surface area contributed by atoms with Crippen molar-refractivity contribution < 1.29 is 9.90 Å². The molecule has 0 spiro atoms. The molecular weight excluding hydrogens is 204 g/mol. The first kappa shape index (κ1) is 13.5. The number of aliphatic hydroxyl groups excluding tert-OH is 1. The first-order valence-corrected chi connectivity index (χ1v) is 6.23. The van der Waals surface area contributed by atoms with E-state index in [4.69, 9.17) is 5.73 Å². The minimum Gasteiger partial charge on any atom is -0.396 e. The SMILES string of the molecule is CCC1(CO)CCCN(CCCC(N)=O)C1. The number of amides is 1. The first-order valence-electron chi connectivity index (χ1n) is 6.23. The molecule has 0 aromatic heterocycles. The lowest BCUT2D eigenvalue weighted by Gasteiger charge is -2.41. The van der Waals surface area contributed by atoms with Gasteiger partial charge in [0.1, 0.15) is 0 Å². The van der Waals surface area contributed by atoms with Crippen molar-refractivity contribution in [2.45, 2.75) is 39.0 Å². The largest absolute Gasteiger partial charge is 0.396 e. The van der Waals surface area contributed by atoms with Crippen LogP contribution in [0.1, 0.15) is 39.0 Å². The van der Waals surface area contributed by atoms with Crippen molar-refractivity contribution in [3.8, 4) is 0 Å². The summed E-state index contributed by atoms with van der Waals surface area (Å²) in [6, 6.07) is 0. The quantitative estimate of drug-likeness (QED) is 0.704. The summed E-state index contributed by atoms with van der Waals surface area (Å²) in [5, 5.41) is 9.47. The fourth-order valence-corrected chi connectivity index (χ4v) is 2.51. The van der Waals surface area contributed by atoms with E-state index in [1.807, 2.05) is 0 Å². The average molecular weight is 228 g/mol. The van der Waals surface area contributed by atoms with Crippen LogP contribution in [-0.2, 0) is 4.79 Å². The van der Waals surface area contributed by atoms with Crippen molar-refractivity contribution in [1.82, 2.24) is 4.90 Å². The molecule has 0 aromatic carbocycles. The molecule has 1 saturated heterocycles. The molecule has 94 valence electrons. The number of hydrogen-bond acceptors (Lipinski definition) is 3. The second kappa shape index (κ2) is 6.21. The van der Waals surface area contributed by atoms with E-state index in [0.29, 0.717) is 6.42 Å². The molecule has 1 rings (SSSR count). The summed E-state index contributed by atoms with van der Waals surface area (Å²) in [4.78, 5) is 13.0. The molecule has 1 aliphatic rings. The van der Waals surface area contributed by atoms with Gasteiger partial charge in [0.05, 0.1) is 0 Å². The van der Waals surface area contributed by atoms with Gasteiger partial charge in [-0.15, -0.1) is 0 Å². The highest BCUT2D eigenvalue weighted by Crippen LogP contribution is 2.32. The summed E-state index contributed by atoms with van der Waals surface area (Å²) in [7, 11) is 0. The molecule has 0 radical (unpaired) electrons. The third-order valence-corrected chi connectivity index (χ3v) is 3.72. The summed E-state index contributed by atoms with van der Waals surface area (Å²) < 4.78 is 0. The number of piperidine rings is 1. The molecule has 0 aromatic rings. The molecule has 1 heterocycles. The minimum atomic E-state index is -0.221. The Morgan fingerprint density at radius 2 is 2.31 bits per heavy atom. The van der Waals surface area contributed by atoms with E-state index in [-0.39, 0.29) is 17.9 Å². The summed E-state index contributed by atoms with van der Waals surface area (Å²) in [6.45, 7) is 5.38. The number of carbonyl (C=O) groups excluding carboxylic acids is 1. The summed E-state index contributed by atoms with van der Waals surface area (Å²) in [5.41, 5.74) is 5.20. The highest BCUT2D eigenvalue weighted by molar-refractivity contribution is 5.73. The zero-order chi connectivity index (χ0) is 12.0. The lowest BCUT2D eigenvalue weighted by atomic mass is 9.78. The smallest absolute Gasteiger partial charge is 0.217 e.